The first-order valence-electron chi connectivity index (χ1n) is 8.03. The van der Waals surface area contributed by atoms with Gasteiger partial charge in [0.25, 0.3) is 5.91 Å². The van der Waals surface area contributed by atoms with Gasteiger partial charge in [-0.3, -0.25) is 9.78 Å². The fourth-order valence-electron chi connectivity index (χ4n) is 2.44. The minimum absolute atomic E-state index is 0.246. The molecule has 0 atom stereocenters. The monoisotopic (exact) mass is 365 g/mol. The Morgan fingerprint density at radius 3 is 2.59 bits per heavy atom. The van der Waals surface area contributed by atoms with E-state index >= 15 is 0 Å². The normalized spacial score (nSPS) is 10.1. The smallest absolute Gasteiger partial charge is 0.339 e. The van der Waals surface area contributed by atoms with Crippen LogP contribution in [0, 0.1) is 5.82 Å². The standard InChI is InChI=1S/C20H16FN3O3/c1-27-20(26)17-7-2-3-8-18(17)24-19(25)13-9-16(12-22-11-13)23-15-6-4-5-14(21)10-15/h2-12,23H,1H3,(H,24,25). The molecule has 0 aliphatic heterocycles. The number of anilines is 3. The summed E-state index contributed by atoms with van der Waals surface area (Å²) < 4.78 is 18.0. The van der Waals surface area contributed by atoms with Crippen molar-refractivity contribution in [2.75, 3.05) is 17.7 Å². The Hall–Kier alpha value is -3.74. The Bertz CT molecular complexity index is 991. The first-order chi connectivity index (χ1) is 13.1. The molecule has 0 unspecified atom stereocenters. The molecule has 1 amide bonds. The number of nitrogens with zero attached hydrogens (tertiary/aromatic N) is 1. The SMILES string of the molecule is COC(=O)c1ccccc1NC(=O)c1cncc(Nc2cccc(F)c2)c1. The van der Waals surface area contributed by atoms with E-state index in [-0.39, 0.29) is 16.9 Å². The van der Waals surface area contributed by atoms with Crippen molar-refractivity contribution < 1.29 is 18.7 Å². The molecule has 0 radical (unpaired) electrons. The first-order valence-corrected chi connectivity index (χ1v) is 8.03. The molecule has 0 bridgehead atoms. The average Bonchev–Trinajstić information content (AvgIpc) is 2.68. The van der Waals surface area contributed by atoms with Gasteiger partial charge in [-0.15, -0.1) is 0 Å². The summed E-state index contributed by atoms with van der Waals surface area (Å²) in [5, 5.41) is 5.66. The van der Waals surface area contributed by atoms with Gasteiger partial charge in [0.05, 0.1) is 35.8 Å². The van der Waals surface area contributed by atoms with Gasteiger partial charge in [-0.05, 0) is 36.4 Å². The van der Waals surface area contributed by atoms with E-state index < -0.39 is 11.9 Å². The van der Waals surface area contributed by atoms with Gasteiger partial charge < -0.3 is 15.4 Å². The number of hydrogen-bond acceptors (Lipinski definition) is 5. The van der Waals surface area contributed by atoms with Crippen molar-refractivity contribution in [2.45, 2.75) is 0 Å². The number of benzene rings is 2. The van der Waals surface area contributed by atoms with Gasteiger partial charge in [-0.2, -0.15) is 0 Å². The second-order valence-corrected chi connectivity index (χ2v) is 5.59. The van der Waals surface area contributed by atoms with E-state index in [2.05, 4.69) is 15.6 Å². The lowest BCUT2D eigenvalue weighted by Gasteiger charge is -2.11. The molecular weight excluding hydrogens is 349 g/mol. The van der Waals surface area contributed by atoms with Crippen LogP contribution in [0.15, 0.2) is 67.0 Å². The molecule has 0 aliphatic carbocycles. The molecule has 136 valence electrons. The van der Waals surface area contributed by atoms with Crippen LogP contribution in [0.4, 0.5) is 21.5 Å². The summed E-state index contributed by atoms with van der Waals surface area (Å²) in [6.45, 7) is 0. The summed E-state index contributed by atoms with van der Waals surface area (Å²) in [6, 6.07) is 14.1. The molecule has 3 aromatic rings. The predicted molar refractivity (Wildman–Crippen MR) is 99.7 cm³/mol. The number of methoxy groups -OCH3 is 1. The van der Waals surface area contributed by atoms with Crippen LogP contribution in [-0.2, 0) is 4.74 Å². The summed E-state index contributed by atoms with van der Waals surface area (Å²) in [5.41, 5.74) is 1.91. The van der Waals surface area contributed by atoms with Crippen molar-refractivity contribution in [3.63, 3.8) is 0 Å². The van der Waals surface area contributed by atoms with Gasteiger partial charge in [-0.25, -0.2) is 9.18 Å². The van der Waals surface area contributed by atoms with Crippen molar-refractivity contribution in [3.05, 3.63) is 83.9 Å². The number of para-hydroxylation sites is 1. The average molecular weight is 365 g/mol. The minimum atomic E-state index is -0.550. The van der Waals surface area contributed by atoms with E-state index in [4.69, 9.17) is 4.74 Å². The molecule has 27 heavy (non-hydrogen) atoms. The minimum Gasteiger partial charge on any atom is -0.465 e. The van der Waals surface area contributed by atoms with Gasteiger partial charge in [0.1, 0.15) is 5.82 Å². The van der Waals surface area contributed by atoms with Crippen LogP contribution < -0.4 is 10.6 Å². The van der Waals surface area contributed by atoms with Gasteiger partial charge in [0, 0.05) is 11.9 Å². The molecule has 6 nitrogen and oxygen atoms in total. The van der Waals surface area contributed by atoms with Gasteiger partial charge in [-0.1, -0.05) is 18.2 Å². The van der Waals surface area contributed by atoms with Crippen LogP contribution in [0.5, 0.6) is 0 Å². The molecule has 0 saturated heterocycles. The number of esters is 1. The molecule has 0 aliphatic rings. The van der Waals surface area contributed by atoms with E-state index in [1.165, 1.54) is 31.6 Å². The summed E-state index contributed by atoms with van der Waals surface area (Å²) in [6.07, 6.45) is 2.91. The number of nitrogens with one attached hydrogen (secondary N) is 2. The lowest BCUT2D eigenvalue weighted by atomic mass is 10.1. The molecule has 3 rings (SSSR count). The molecule has 1 heterocycles. The number of rotatable bonds is 5. The summed E-state index contributed by atoms with van der Waals surface area (Å²) >= 11 is 0. The molecule has 7 heteroatoms. The zero-order valence-corrected chi connectivity index (χ0v) is 14.4. The fraction of sp³-hybridized carbons (Fsp3) is 0.0500. The van der Waals surface area contributed by atoms with E-state index in [1.54, 1.807) is 42.5 Å². The summed E-state index contributed by atoms with van der Waals surface area (Å²) in [5.74, 6) is -1.37. The highest BCUT2D eigenvalue weighted by molar-refractivity contribution is 6.08. The Kier molecular flexibility index (Phi) is 5.41. The highest BCUT2D eigenvalue weighted by atomic mass is 19.1. The van der Waals surface area contributed by atoms with Gasteiger partial charge >= 0.3 is 5.97 Å². The molecule has 0 fully saturated rings. The number of hydrogen-bond donors (Lipinski definition) is 2. The maximum Gasteiger partial charge on any atom is 0.339 e. The van der Waals surface area contributed by atoms with Crippen molar-refractivity contribution in [1.82, 2.24) is 4.98 Å². The number of pyridine rings is 1. The third-order valence-electron chi connectivity index (χ3n) is 3.69. The number of aromatic nitrogens is 1. The van der Waals surface area contributed by atoms with E-state index in [1.807, 2.05) is 0 Å². The Morgan fingerprint density at radius 1 is 1.00 bits per heavy atom. The van der Waals surface area contributed by atoms with Gasteiger partial charge in [0.15, 0.2) is 0 Å². The first kappa shape index (κ1) is 18.1. The maximum absolute atomic E-state index is 13.3. The number of halogens is 1. The van der Waals surface area contributed by atoms with Crippen LogP contribution in [0.2, 0.25) is 0 Å². The second kappa shape index (κ2) is 8.09. The third kappa shape index (κ3) is 4.46. The largest absolute Gasteiger partial charge is 0.465 e. The van der Waals surface area contributed by atoms with Gasteiger partial charge in [0.2, 0.25) is 0 Å². The number of ether oxygens (including phenoxy) is 1. The van der Waals surface area contributed by atoms with Crippen molar-refractivity contribution in [3.8, 4) is 0 Å². The third-order valence-corrected chi connectivity index (χ3v) is 3.69. The van der Waals surface area contributed by atoms with E-state index in [9.17, 15) is 14.0 Å². The molecule has 2 aromatic carbocycles. The number of carbonyl (C=O) groups is 2. The highest BCUT2D eigenvalue weighted by Gasteiger charge is 2.14. The van der Waals surface area contributed by atoms with E-state index in [0.717, 1.165) is 0 Å². The van der Waals surface area contributed by atoms with Crippen molar-refractivity contribution >= 4 is 28.9 Å². The zero-order chi connectivity index (χ0) is 19.2. The molecule has 0 saturated carbocycles. The van der Waals surface area contributed by atoms with Crippen LogP contribution in [0.25, 0.3) is 0 Å². The van der Waals surface area contributed by atoms with Crippen LogP contribution in [0.3, 0.4) is 0 Å². The Labute approximate surface area is 155 Å². The van der Waals surface area contributed by atoms with Crippen molar-refractivity contribution in [2.24, 2.45) is 0 Å². The van der Waals surface area contributed by atoms with Crippen molar-refractivity contribution in [1.29, 1.82) is 0 Å². The molecule has 0 spiro atoms. The lowest BCUT2D eigenvalue weighted by molar-refractivity contribution is 0.0602. The summed E-state index contributed by atoms with van der Waals surface area (Å²) in [4.78, 5) is 28.4. The predicted octanol–water partition coefficient (Wildman–Crippen LogP) is 4.00. The number of amides is 1. The zero-order valence-electron chi connectivity index (χ0n) is 14.4. The Morgan fingerprint density at radius 2 is 1.81 bits per heavy atom. The molecule has 1 aromatic heterocycles. The quantitative estimate of drug-likeness (QED) is 0.668. The lowest BCUT2D eigenvalue weighted by Crippen LogP contribution is -2.15. The number of carbonyl (C=O) groups excluding carboxylic acids is 2. The maximum atomic E-state index is 13.3. The Balaban J connectivity index is 1.79. The van der Waals surface area contributed by atoms with E-state index in [0.29, 0.717) is 17.1 Å². The topological polar surface area (TPSA) is 80.3 Å². The second-order valence-electron chi connectivity index (χ2n) is 5.59. The summed E-state index contributed by atoms with van der Waals surface area (Å²) in [7, 11) is 1.27. The van der Waals surface area contributed by atoms with Crippen LogP contribution >= 0.6 is 0 Å². The molecular formula is C20H16FN3O3. The highest BCUT2D eigenvalue weighted by Crippen LogP contribution is 2.20. The fourth-order valence-corrected chi connectivity index (χ4v) is 2.44. The van der Waals surface area contributed by atoms with Crippen LogP contribution in [0.1, 0.15) is 20.7 Å². The van der Waals surface area contributed by atoms with Crippen LogP contribution in [-0.4, -0.2) is 24.0 Å². The molecule has 2 N–H and O–H groups in total.